The summed E-state index contributed by atoms with van der Waals surface area (Å²) >= 11 is 0. The Morgan fingerprint density at radius 3 is 2.48 bits per heavy atom. The van der Waals surface area contributed by atoms with Crippen LogP contribution in [0, 0.1) is 20.4 Å². The topological polar surface area (TPSA) is 93.2 Å². The Labute approximate surface area is 170 Å². The number of rotatable bonds is 6. The lowest BCUT2D eigenvalue weighted by atomic mass is 10.0. The maximum atomic E-state index is 13.2. The Hall–Kier alpha value is -2.67. The largest absolute Gasteiger partial charge is 0.480 e. The number of ether oxygens (including phenoxy) is 1. The molecule has 0 aliphatic carbocycles. The highest BCUT2D eigenvalue weighted by atomic mass is 32.2. The number of sulfonamides is 1. The molecule has 1 saturated heterocycles. The van der Waals surface area contributed by atoms with Gasteiger partial charge < -0.3 is 14.4 Å². The minimum Gasteiger partial charge on any atom is -0.480 e. The van der Waals surface area contributed by atoms with Gasteiger partial charge in [0.15, 0.2) is 0 Å². The average Bonchev–Trinajstić information content (AvgIpc) is 2.92. The van der Waals surface area contributed by atoms with Crippen molar-refractivity contribution in [2.75, 3.05) is 26.3 Å². The Morgan fingerprint density at radius 1 is 1.21 bits per heavy atom. The van der Waals surface area contributed by atoms with Crippen LogP contribution in [0.2, 0.25) is 0 Å². The zero-order valence-corrected chi connectivity index (χ0v) is 17.2. The Bertz CT molecular complexity index is 1080. The number of hydrogen-bond donors (Lipinski definition) is 1. The number of hydrogen-bond acceptors (Lipinski definition) is 4. The van der Waals surface area contributed by atoms with Gasteiger partial charge in [-0.05, 0) is 37.5 Å². The van der Waals surface area contributed by atoms with Crippen LogP contribution in [-0.2, 0) is 32.5 Å². The molecule has 1 aromatic heterocycles. The predicted molar refractivity (Wildman–Crippen MR) is 107 cm³/mol. The van der Waals surface area contributed by atoms with Crippen LogP contribution in [-0.4, -0.2) is 54.7 Å². The highest BCUT2D eigenvalue weighted by molar-refractivity contribution is 7.89. The normalized spacial score (nSPS) is 15.2. The number of carbonyl (C=O) groups is 1. The van der Waals surface area contributed by atoms with E-state index in [1.807, 2.05) is 0 Å². The summed E-state index contributed by atoms with van der Waals surface area (Å²) in [5, 5.41) is 9.18. The van der Waals surface area contributed by atoms with E-state index in [9.17, 15) is 18.3 Å². The molecule has 1 aliphatic rings. The van der Waals surface area contributed by atoms with Crippen molar-refractivity contribution >= 4 is 21.7 Å². The Balaban J connectivity index is 2.05. The molecule has 0 spiro atoms. The molecule has 1 fully saturated rings. The maximum absolute atomic E-state index is 13.2. The van der Waals surface area contributed by atoms with Gasteiger partial charge in [0.25, 0.3) is 0 Å². The number of benzene rings is 1. The van der Waals surface area contributed by atoms with E-state index < -0.39 is 16.0 Å². The molecule has 1 aromatic carbocycles. The molecule has 8 nitrogen and oxygen atoms in total. The van der Waals surface area contributed by atoms with Crippen LogP contribution < -0.4 is 0 Å². The van der Waals surface area contributed by atoms with Crippen molar-refractivity contribution in [3.8, 4) is 0 Å². The third kappa shape index (κ3) is 4.05. The third-order valence-electron chi connectivity index (χ3n) is 5.21. The minimum absolute atomic E-state index is 0.209. The molecule has 29 heavy (non-hydrogen) atoms. The minimum atomic E-state index is -3.69. The van der Waals surface area contributed by atoms with Crippen molar-refractivity contribution in [1.29, 1.82) is 0 Å². The molecule has 154 valence electrons. The van der Waals surface area contributed by atoms with E-state index in [0.29, 0.717) is 54.5 Å². The fourth-order valence-electron chi connectivity index (χ4n) is 3.68. The molecular weight excluding hydrogens is 394 g/mol. The van der Waals surface area contributed by atoms with Crippen molar-refractivity contribution in [2.45, 2.75) is 31.7 Å². The lowest BCUT2D eigenvalue weighted by molar-refractivity contribution is -0.137. The monoisotopic (exact) mass is 417 g/mol. The second-order valence-electron chi connectivity index (χ2n) is 6.89. The van der Waals surface area contributed by atoms with Crippen molar-refractivity contribution in [2.24, 2.45) is 0 Å². The first-order valence-corrected chi connectivity index (χ1v) is 10.6. The molecule has 0 unspecified atom stereocenters. The summed E-state index contributed by atoms with van der Waals surface area (Å²) in [6.07, 6.45) is 0.233. The fraction of sp³-hybridized carbons (Fsp3) is 0.400. The van der Waals surface area contributed by atoms with Gasteiger partial charge in [-0.25, -0.2) is 13.3 Å². The first-order chi connectivity index (χ1) is 13.8. The number of carboxylic acid groups (broad SMARTS) is 1. The number of nitrogens with zero attached hydrogens (tertiary/aromatic N) is 3. The predicted octanol–water partition coefficient (Wildman–Crippen LogP) is 2.35. The van der Waals surface area contributed by atoms with Crippen LogP contribution in [0.1, 0.15) is 22.5 Å². The summed E-state index contributed by atoms with van der Waals surface area (Å²) in [6.45, 7) is 12.1. The summed E-state index contributed by atoms with van der Waals surface area (Å²) in [4.78, 5) is 15.0. The Kier molecular flexibility index (Phi) is 6.07. The van der Waals surface area contributed by atoms with E-state index in [1.54, 1.807) is 42.7 Å². The van der Waals surface area contributed by atoms with Gasteiger partial charge in [0.05, 0.1) is 24.7 Å². The van der Waals surface area contributed by atoms with E-state index in [-0.39, 0.29) is 17.9 Å². The second-order valence-corrected chi connectivity index (χ2v) is 8.80. The first kappa shape index (κ1) is 21.0. The van der Waals surface area contributed by atoms with Gasteiger partial charge in [0.2, 0.25) is 15.7 Å². The molecule has 0 radical (unpaired) electrons. The van der Waals surface area contributed by atoms with E-state index in [1.165, 1.54) is 4.31 Å². The van der Waals surface area contributed by atoms with E-state index in [2.05, 4.69) is 4.85 Å². The molecule has 3 rings (SSSR count). The third-order valence-corrected chi connectivity index (χ3v) is 7.21. The molecule has 9 heteroatoms. The molecule has 0 amide bonds. The maximum Gasteiger partial charge on any atom is 0.323 e. The summed E-state index contributed by atoms with van der Waals surface area (Å²) < 4.78 is 34.6. The molecular formula is C20H23N3O5S. The summed E-state index contributed by atoms with van der Waals surface area (Å²) in [6, 6.07) is 6.76. The number of carboxylic acids is 1. The van der Waals surface area contributed by atoms with Gasteiger partial charge in [-0.15, -0.1) is 0 Å². The average molecular weight is 417 g/mol. The van der Waals surface area contributed by atoms with Gasteiger partial charge in [-0.2, -0.15) is 4.31 Å². The quantitative estimate of drug-likeness (QED) is 0.729. The van der Waals surface area contributed by atoms with Crippen molar-refractivity contribution < 1.29 is 23.1 Å². The van der Waals surface area contributed by atoms with Gasteiger partial charge in [0, 0.05) is 24.5 Å². The highest BCUT2D eigenvalue weighted by Gasteiger charge is 2.29. The van der Waals surface area contributed by atoms with Gasteiger partial charge in [-0.3, -0.25) is 4.79 Å². The molecule has 1 N–H and O–H groups in total. The SMILES string of the molecule is [C-]#[N+]c1c(Cc2ccccc2S(=O)(=O)N2CCOCC2)c(C)n(CC(=O)O)c1C. The van der Waals surface area contributed by atoms with Crippen LogP contribution in [0.3, 0.4) is 0 Å². The molecule has 0 bridgehead atoms. The van der Waals surface area contributed by atoms with E-state index >= 15 is 0 Å². The zero-order valence-electron chi connectivity index (χ0n) is 16.4. The van der Waals surface area contributed by atoms with Crippen LogP contribution in [0.15, 0.2) is 29.2 Å². The second kappa shape index (κ2) is 8.37. The lowest BCUT2D eigenvalue weighted by Crippen LogP contribution is -2.40. The van der Waals surface area contributed by atoms with Crippen LogP contribution in [0.4, 0.5) is 5.69 Å². The standard InChI is InChI=1S/C20H23N3O5S/c1-14-17(20(21-3)15(2)23(14)13-19(24)25)12-16-6-4-5-7-18(16)29(26,27)22-8-10-28-11-9-22/h4-7H,8-13H2,1-2H3,(H,24,25). The van der Waals surface area contributed by atoms with Crippen molar-refractivity contribution in [3.05, 3.63) is 58.2 Å². The summed E-state index contributed by atoms with van der Waals surface area (Å²) in [7, 11) is -3.69. The highest BCUT2D eigenvalue weighted by Crippen LogP contribution is 2.34. The molecule has 0 atom stereocenters. The smallest absolute Gasteiger partial charge is 0.323 e. The van der Waals surface area contributed by atoms with Gasteiger partial charge >= 0.3 is 5.97 Å². The molecule has 0 saturated carbocycles. The summed E-state index contributed by atoms with van der Waals surface area (Å²) in [5.41, 5.74) is 2.85. The fourth-order valence-corrected chi connectivity index (χ4v) is 5.31. The van der Waals surface area contributed by atoms with Crippen LogP contribution in [0.5, 0.6) is 0 Å². The van der Waals surface area contributed by atoms with E-state index in [0.717, 1.165) is 0 Å². The first-order valence-electron chi connectivity index (χ1n) is 9.21. The number of morpholine rings is 1. The summed E-state index contributed by atoms with van der Waals surface area (Å²) in [5.74, 6) is -0.996. The van der Waals surface area contributed by atoms with E-state index in [4.69, 9.17) is 11.3 Å². The molecule has 2 heterocycles. The van der Waals surface area contributed by atoms with Crippen molar-refractivity contribution in [3.63, 3.8) is 0 Å². The molecule has 1 aliphatic heterocycles. The van der Waals surface area contributed by atoms with Crippen molar-refractivity contribution in [1.82, 2.24) is 8.87 Å². The zero-order chi connectivity index (χ0) is 21.2. The van der Waals surface area contributed by atoms with Gasteiger partial charge in [0.1, 0.15) is 6.54 Å². The number of aromatic nitrogens is 1. The van der Waals surface area contributed by atoms with Crippen LogP contribution in [0.25, 0.3) is 4.85 Å². The van der Waals surface area contributed by atoms with Gasteiger partial charge in [-0.1, -0.05) is 18.2 Å². The Morgan fingerprint density at radius 2 is 1.86 bits per heavy atom. The number of aliphatic carboxylic acids is 1. The van der Waals surface area contributed by atoms with Crippen LogP contribution >= 0.6 is 0 Å². The lowest BCUT2D eigenvalue weighted by Gasteiger charge is -2.27. The molecule has 2 aromatic rings.